The molecule has 4 nitrogen and oxygen atoms in total. The van der Waals surface area contributed by atoms with Crippen LogP contribution in [0.4, 0.5) is 0 Å². The Hall–Kier alpha value is -1.57. The summed E-state index contributed by atoms with van der Waals surface area (Å²) in [5, 5.41) is 2.82. The van der Waals surface area contributed by atoms with Gasteiger partial charge in [0.2, 0.25) is 0 Å². The zero-order chi connectivity index (χ0) is 18.5. The Balaban J connectivity index is 2.28. The first-order valence-corrected chi connectivity index (χ1v) is 13.1. The third-order valence-electron chi connectivity index (χ3n) is 4.16. The zero-order valence-electron chi connectivity index (χ0n) is 14.6. The van der Waals surface area contributed by atoms with Crippen LogP contribution >= 0.6 is 0 Å². The first-order chi connectivity index (χ1) is 12.6. The molecular formula is C20H22O4SiTi. The first kappa shape index (κ1) is 19.2. The fraction of sp³-hybridized carbons (Fsp3) is 0.100. The summed E-state index contributed by atoms with van der Waals surface area (Å²) >= 11 is -4.90. The standard InChI is InChI=1S/C18H15OSi.C2H5O.2H2O.Ti/c19-20(16-10-4-1-5-11-16,17-12-6-2-7-13-17)18-14-8-3-9-15-18;1-2-3;;;/h1-15H;2H2,1H3;2*1H2;/q2*-1;;;+4/p-2. The first-order valence-electron chi connectivity index (χ1n) is 8.54. The van der Waals surface area contributed by atoms with Crippen molar-refractivity contribution >= 4 is 23.9 Å². The van der Waals surface area contributed by atoms with Gasteiger partial charge in [0.05, 0.1) is 0 Å². The third-order valence-corrected chi connectivity index (χ3v) is 11.9. The van der Waals surface area contributed by atoms with E-state index in [-0.39, 0.29) is 6.61 Å². The Bertz CT molecular complexity index is 716. The van der Waals surface area contributed by atoms with Gasteiger partial charge in [0.1, 0.15) is 0 Å². The molecule has 0 atom stereocenters. The molecule has 3 aromatic rings. The van der Waals surface area contributed by atoms with Crippen LogP contribution in [0.2, 0.25) is 0 Å². The summed E-state index contributed by atoms with van der Waals surface area (Å²) in [6.07, 6.45) is 0. The van der Waals surface area contributed by atoms with Crippen molar-refractivity contribution in [3.8, 4) is 0 Å². The second-order valence-corrected chi connectivity index (χ2v) is 12.3. The number of hydrogen-bond donors (Lipinski definition) is 2. The van der Waals surface area contributed by atoms with E-state index in [0.29, 0.717) is 0 Å². The average molecular weight is 402 g/mol. The van der Waals surface area contributed by atoms with E-state index in [2.05, 4.69) is 0 Å². The maximum absolute atomic E-state index is 10.6. The summed E-state index contributed by atoms with van der Waals surface area (Å²) < 4.78 is 32.6. The second-order valence-electron chi connectivity index (χ2n) is 5.86. The van der Waals surface area contributed by atoms with Crippen LogP contribution in [-0.4, -0.2) is 22.3 Å². The molecule has 0 spiro atoms. The molecule has 6 heteroatoms. The molecule has 134 valence electrons. The minimum absolute atomic E-state index is 0.190. The summed E-state index contributed by atoms with van der Waals surface area (Å²) in [6, 6.07) is 29.4. The molecule has 0 saturated carbocycles. The maximum atomic E-state index is 10.6. The van der Waals surface area contributed by atoms with Gasteiger partial charge in [0.25, 0.3) is 0 Å². The SMILES string of the molecule is CC[O][Ti]([OH])([OH])[O][Si](c1ccccc1)(c1ccccc1)c1ccccc1. The van der Waals surface area contributed by atoms with Gasteiger partial charge in [0, 0.05) is 0 Å². The van der Waals surface area contributed by atoms with Crippen LogP contribution in [0.15, 0.2) is 91.0 Å². The zero-order valence-corrected chi connectivity index (χ0v) is 17.1. The van der Waals surface area contributed by atoms with Gasteiger partial charge in [-0.25, -0.2) is 0 Å². The van der Waals surface area contributed by atoms with Gasteiger partial charge in [-0.15, -0.1) is 0 Å². The average Bonchev–Trinajstić information content (AvgIpc) is 2.68. The summed E-state index contributed by atoms with van der Waals surface area (Å²) in [7, 11) is -3.14. The normalized spacial score (nSPS) is 12.1. The number of rotatable bonds is 7. The molecule has 0 unspecified atom stereocenters. The van der Waals surface area contributed by atoms with E-state index in [4.69, 9.17) is 6.33 Å². The molecular weight excluding hydrogens is 380 g/mol. The van der Waals surface area contributed by atoms with Gasteiger partial charge in [-0.05, 0) is 0 Å². The molecule has 0 saturated heterocycles. The Morgan fingerprint density at radius 2 is 1.04 bits per heavy atom. The predicted molar refractivity (Wildman–Crippen MR) is 101 cm³/mol. The van der Waals surface area contributed by atoms with Crippen molar-refractivity contribution in [2.45, 2.75) is 6.92 Å². The molecule has 3 rings (SSSR count). The molecule has 0 aliphatic heterocycles. The molecule has 0 aromatic heterocycles. The molecule has 2 N–H and O–H groups in total. The van der Waals surface area contributed by atoms with Gasteiger partial charge < -0.3 is 0 Å². The fourth-order valence-corrected chi connectivity index (χ4v) is 11.3. The van der Waals surface area contributed by atoms with Gasteiger partial charge in [-0.1, -0.05) is 0 Å². The van der Waals surface area contributed by atoms with Crippen molar-refractivity contribution < 1.29 is 31.8 Å². The van der Waals surface area contributed by atoms with Gasteiger partial charge >= 0.3 is 160 Å². The molecule has 0 heterocycles. The molecule has 0 radical (unpaired) electrons. The fourth-order valence-electron chi connectivity index (χ4n) is 3.11. The van der Waals surface area contributed by atoms with Crippen LogP contribution < -0.4 is 15.6 Å². The van der Waals surface area contributed by atoms with E-state index in [1.54, 1.807) is 6.92 Å². The van der Waals surface area contributed by atoms with Gasteiger partial charge in [-0.3, -0.25) is 0 Å². The van der Waals surface area contributed by atoms with E-state index >= 15 is 0 Å². The van der Waals surface area contributed by atoms with Gasteiger partial charge in [0.15, 0.2) is 0 Å². The van der Waals surface area contributed by atoms with Crippen LogP contribution in [0.1, 0.15) is 6.92 Å². The Kier molecular flexibility index (Phi) is 6.21. The quantitative estimate of drug-likeness (QED) is 0.465. The van der Waals surface area contributed by atoms with Crippen LogP contribution in [0.25, 0.3) is 0 Å². The minimum atomic E-state index is -4.90. The summed E-state index contributed by atoms with van der Waals surface area (Å²) in [4.78, 5) is 0. The van der Waals surface area contributed by atoms with Crippen LogP contribution in [0, 0.1) is 0 Å². The molecule has 26 heavy (non-hydrogen) atoms. The molecule has 0 aliphatic rings. The summed E-state index contributed by atoms with van der Waals surface area (Å²) in [6.45, 7) is 1.92. The van der Waals surface area contributed by atoms with Crippen molar-refractivity contribution in [3.63, 3.8) is 0 Å². The van der Waals surface area contributed by atoms with E-state index in [1.807, 2.05) is 91.0 Å². The monoisotopic (exact) mass is 402 g/mol. The molecule has 0 aliphatic carbocycles. The van der Waals surface area contributed by atoms with Crippen molar-refractivity contribution in [1.29, 1.82) is 0 Å². The van der Waals surface area contributed by atoms with Crippen LogP contribution in [0.5, 0.6) is 0 Å². The van der Waals surface area contributed by atoms with Crippen molar-refractivity contribution in [3.05, 3.63) is 91.0 Å². The van der Waals surface area contributed by atoms with Crippen LogP contribution in [-0.2, 0) is 24.5 Å². The third kappa shape index (κ3) is 4.05. The van der Waals surface area contributed by atoms with Gasteiger partial charge in [-0.2, -0.15) is 0 Å². The van der Waals surface area contributed by atoms with E-state index < -0.39 is 26.5 Å². The Labute approximate surface area is 160 Å². The molecule has 0 bridgehead atoms. The Morgan fingerprint density at radius 1 is 0.692 bits per heavy atom. The molecule has 0 amide bonds. The topological polar surface area (TPSA) is 58.9 Å². The number of benzene rings is 3. The second kappa shape index (κ2) is 8.41. The van der Waals surface area contributed by atoms with E-state index in [0.717, 1.165) is 15.6 Å². The van der Waals surface area contributed by atoms with Crippen molar-refractivity contribution in [2.24, 2.45) is 0 Å². The van der Waals surface area contributed by atoms with Crippen molar-refractivity contribution in [1.82, 2.24) is 0 Å². The van der Waals surface area contributed by atoms with E-state index in [1.165, 1.54) is 0 Å². The summed E-state index contributed by atoms with van der Waals surface area (Å²) in [5.74, 6) is 0. The molecule has 3 aromatic carbocycles. The number of hydrogen-bond acceptors (Lipinski definition) is 4. The Morgan fingerprint density at radius 3 is 1.35 bits per heavy atom. The predicted octanol–water partition coefficient (Wildman–Crippen LogP) is 1.51. The summed E-state index contributed by atoms with van der Waals surface area (Å²) in [5.41, 5.74) is 0. The van der Waals surface area contributed by atoms with Crippen LogP contribution in [0.3, 0.4) is 0 Å². The van der Waals surface area contributed by atoms with E-state index in [9.17, 15) is 7.38 Å². The van der Waals surface area contributed by atoms with Crippen molar-refractivity contribution in [2.75, 3.05) is 6.61 Å². The molecule has 0 fully saturated rings.